The average molecular weight is 191 g/mol. The van der Waals surface area contributed by atoms with Gasteiger partial charge in [0.2, 0.25) is 6.54 Å². The van der Waals surface area contributed by atoms with E-state index < -0.39 is 0 Å². The van der Waals surface area contributed by atoms with Crippen LogP contribution < -0.4 is 0 Å². The molecule has 0 aliphatic carbocycles. The largest absolute Gasteiger partial charge is 0.393 e. The number of nitrogens with zero attached hydrogens (tertiary/aromatic N) is 1. The monoisotopic (exact) mass is 191 g/mol. The Kier molecular flexibility index (Phi) is 3.81. The second-order valence-electron chi connectivity index (χ2n) is 3.04. The number of nitro groups is 1. The van der Waals surface area contributed by atoms with Crippen LogP contribution in [0, 0.1) is 16.0 Å². The van der Waals surface area contributed by atoms with Gasteiger partial charge >= 0.3 is 0 Å². The van der Waals surface area contributed by atoms with Gasteiger partial charge in [-0.15, -0.1) is 0 Å². The quantitative estimate of drug-likeness (QED) is 0.528. The minimum atomic E-state index is -0.314. The van der Waals surface area contributed by atoms with Crippen LogP contribution in [0.1, 0.15) is 12.8 Å². The standard InChI is InChI=1S/C7H13NO3S/c9-7-2-4-12-5-6(7)1-3-8(10)11/h6-7,9H,1-5H2/t6-,7+/m1/s1. The Morgan fingerprint density at radius 3 is 3.00 bits per heavy atom. The van der Waals surface area contributed by atoms with Crippen LogP contribution in [0.2, 0.25) is 0 Å². The third kappa shape index (κ3) is 2.98. The summed E-state index contributed by atoms with van der Waals surface area (Å²) >= 11 is 1.78. The number of hydrogen-bond donors (Lipinski definition) is 1. The molecule has 0 aromatic rings. The first-order valence-corrected chi connectivity index (χ1v) is 5.23. The summed E-state index contributed by atoms with van der Waals surface area (Å²) in [5, 5.41) is 19.5. The van der Waals surface area contributed by atoms with Crippen molar-refractivity contribution in [1.29, 1.82) is 0 Å². The molecule has 4 nitrogen and oxygen atoms in total. The maximum Gasteiger partial charge on any atom is 0.204 e. The summed E-state index contributed by atoms with van der Waals surface area (Å²) in [6.45, 7) is -0.0116. The fourth-order valence-corrected chi connectivity index (χ4v) is 2.60. The third-order valence-electron chi connectivity index (χ3n) is 2.12. The molecule has 1 heterocycles. The van der Waals surface area contributed by atoms with Gasteiger partial charge in [0.15, 0.2) is 0 Å². The molecule has 0 unspecified atom stereocenters. The fraction of sp³-hybridized carbons (Fsp3) is 1.00. The average Bonchev–Trinajstić information content (AvgIpc) is 2.03. The van der Waals surface area contributed by atoms with Crippen LogP contribution in [0.15, 0.2) is 0 Å². The van der Waals surface area contributed by atoms with Crippen molar-refractivity contribution in [2.75, 3.05) is 18.1 Å². The minimum absolute atomic E-state index is 0.0116. The second-order valence-corrected chi connectivity index (χ2v) is 4.19. The van der Waals surface area contributed by atoms with Gasteiger partial charge < -0.3 is 5.11 Å². The molecular formula is C7H13NO3S. The van der Waals surface area contributed by atoms with Crippen molar-refractivity contribution in [1.82, 2.24) is 0 Å². The molecule has 0 bridgehead atoms. The highest BCUT2D eigenvalue weighted by molar-refractivity contribution is 7.99. The number of aliphatic hydroxyl groups is 1. The maximum absolute atomic E-state index is 10.1. The van der Waals surface area contributed by atoms with E-state index in [1.165, 1.54) is 0 Å². The van der Waals surface area contributed by atoms with Gasteiger partial charge in [-0.25, -0.2) is 0 Å². The number of hydrogen-bond acceptors (Lipinski definition) is 4. The van der Waals surface area contributed by atoms with Crippen LogP contribution in [-0.4, -0.2) is 34.2 Å². The Morgan fingerprint density at radius 1 is 1.67 bits per heavy atom. The molecule has 1 saturated heterocycles. The van der Waals surface area contributed by atoms with Crippen molar-refractivity contribution < 1.29 is 10.0 Å². The lowest BCUT2D eigenvalue weighted by atomic mass is 9.98. The van der Waals surface area contributed by atoms with Crippen molar-refractivity contribution in [2.24, 2.45) is 5.92 Å². The number of thioether (sulfide) groups is 1. The van der Waals surface area contributed by atoms with Crippen LogP contribution in [-0.2, 0) is 0 Å². The Bertz CT molecular complexity index is 165. The predicted molar refractivity (Wildman–Crippen MR) is 47.9 cm³/mol. The van der Waals surface area contributed by atoms with E-state index in [4.69, 9.17) is 0 Å². The summed E-state index contributed by atoms with van der Waals surface area (Å²) in [4.78, 5) is 9.75. The van der Waals surface area contributed by atoms with Crippen molar-refractivity contribution in [2.45, 2.75) is 18.9 Å². The molecule has 0 aromatic heterocycles. The highest BCUT2D eigenvalue weighted by Gasteiger charge is 2.24. The molecule has 0 saturated carbocycles. The molecule has 1 fully saturated rings. The van der Waals surface area contributed by atoms with Crippen LogP contribution in [0.4, 0.5) is 0 Å². The van der Waals surface area contributed by atoms with Gasteiger partial charge in [0.05, 0.1) is 6.10 Å². The molecule has 1 N–H and O–H groups in total. The summed E-state index contributed by atoms with van der Waals surface area (Å²) in [7, 11) is 0. The third-order valence-corrected chi connectivity index (χ3v) is 3.30. The van der Waals surface area contributed by atoms with Gasteiger partial charge in [0.25, 0.3) is 0 Å². The van der Waals surface area contributed by atoms with Crippen LogP contribution in [0.25, 0.3) is 0 Å². The SMILES string of the molecule is O=[N+]([O-])CC[C@@H]1CSCC[C@@H]1O. The predicted octanol–water partition coefficient (Wildman–Crippen LogP) is 0.767. The normalized spacial score (nSPS) is 30.1. The van der Waals surface area contributed by atoms with E-state index in [1.807, 2.05) is 0 Å². The molecule has 0 spiro atoms. The highest BCUT2D eigenvalue weighted by Crippen LogP contribution is 2.25. The Hall–Kier alpha value is -0.290. The zero-order chi connectivity index (χ0) is 8.97. The Labute approximate surface area is 75.5 Å². The molecule has 0 amide bonds. The van der Waals surface area contributed by atoms with E-state index in [0.717, 1.165) is 17.9 Å². The topological polar surface area (TPSA) is 63.4 Å². The first-order valence-electron chi connectivity index (χ1n) is 4.08. The summed E-state index contributed by atoms with van der Waals surface area (Å²) < 4.78 is 0. The van der Waals surface area contributed by atoms with Gasteiger partial charge in [-0.3, -0.25) is 10.1 Å². The minimum Gasteiger partial charge on any atom is -0.393 e. The molecule has 70 valence electrons. The summed E-state index contributed by atoms with van der Waals surface area (Å²) in [5.74, 6) is 1.99. The van der Waals surface area contributed by atoms with Gasteiger partial charge in [-0.1, -0.05) is 0 Å². The zero-order valence-electron chi connectivity index (χ0n) is 6.81. The molecule has 0 radical (unpaired) electrons. The van der Waals surface area contributed by atoms with E-state index in [0.29, 0.717) is 6.42 Å². The van der Waals surface area contributed by atoms with Crippen molar-refractivity contribution in [3.63, 3.8) is 0 Å². The molecule has 0 aromatic carbocycles. The van der Waals surface area contributed by atoms with E-state index in [2.05, 4.69) is 0 Å². The van der Waals surface area contributed by atoms with E-state index in [1.54, 1.807) is 11.8 Å². The van der Waals surface area contributed by atoms with E-state index >= 15 is 0 Å². The highest BCUT2D eigenvalue weighted by atomic mass is 32.2. The molecule has 5 heteroatoms. The number of rotatable bonds is 3. The van der Waals surface area contributed by atoms with Gasteiger partial charge in [0.1, 0.15) is 0 Å². The fourth-order valence-electron chi connectivity index (χ4n) is 1.33. The van der Waals surface area contributed by atoms with E-state index in [9.17, 15) is 15.2 Å². The molecular weight excluding hydrogens is 178 g/mol. The van der Waals surface area contributed by atoms with Gasteiger partial charge in [-0.2, -0.15) is 11.8 Å². The lowest BCUT2D eigenvalue weighted by Crippen LogP contribution is -2.29. The molecule has 1 aliphatic rings. The second kappa shape index (κ2) is 4.67. The van der Waals surface area contributed by atoms with Crippen LogP contribution >= 0.6 is 11.8 Å². The van der Waals surface area contributed by atoms with Crippen molar-refractivity contribution in [3.8, 4) is 0 Å². The summed E-state index contributed by atoms with van der Waals surface area (Å²) in [6.07, 6.45) is 0.986. The zero-order valence-corrected chi connectivity index (χ0v) is 7.63. The number of aliphatic hydroxyl groups excluding tert-OH is 1. The smallest absolute Gasteiger partial charge is 0.204 e. The van der Waals surface area contributed by atoms with Crippen LogP contribution in [0.5, 0.6) is 0 Å². The maximum atomic E-state index is 10.1. The first kappa shape index (κ1) is 9.80. The van der Waals surface area contributed by atoms with E-state index in [-0.39, 0.29) is 23.5 Å². The van der Waals surface area contributed by atoms with Gasteiger partial charge in [-0.05, 0) is 17.9 Å². The molecule has 1 rings (SSSR count). The molecule has 1 aliphatic heterocycles. The Balaban J connectivity index is 2.24. The lowest BCUT2D eigenvalue weighted by molar-refractivity contribution is -0.481. The lowest BCUT2D eigenvalue weighted by Gasteiger charge is -2.25. The molecule has 12 heavy (non-hydrogen) atoms. The van der Waals surface area contributed by atoms with Gasteiger partial charge in [0, 0.05) is 17.3 Å². The van der Waals surface area contributed by atoms with Crippen molar-refractivity contribution in [3.05, 3.63) is 10.1 Å². The summed E-state index contributed by atoms with van der Waals surface area (Å²) in [5.41, 5.74) is 0. The molecule has 2 atom stereocenters. The summed E-state index contributed by atoms with van der Waals surface area (Å²) in [6, 6.07) is 0. The van der Waals surface area contributed by atoms with Crippen LogP contribution in [0.3, 0.4) is 0 Å². The first-order chi connectivity index (χ1) is 5.70. The van der Waals surface area contributed by atoms with Crippen molar-refractivity contribution >= 4 is 11.8 Å². The Morgan fingerprint density at radius 2 is 2.42 bits per heavy atom.